The zero-order valence-corrected chi connectivity index (χ0v) is 7.32. The maximum absolute atomic E-state index is 8.56. The van der Waals surface area contributed by atoms with Gasteiger partial charge in [-0.2, -0.15) is 5.10 Å². The van der Waals surface area contributed by atoms with Gasteiger partial charge in [0, 0.05) is 24.9 Å². The van der Waals surface area contributed by atoms with Crippen molar-refractivity contribution in [2.45, 2.75) is 26.3 Å². The van der Waals surface area contributed by atoms with E-state index in [1.807, 2.05) is 17.7 Å². The van der Waals surface area contributed by atoms with Crippen LogP contribution in [0.25, 0.3) is 0 Å². The van der Waals surface area contributed by atoms with Crippen LogP contribution in [-0.4, -0.2) is 21.5 Å². The van der Waals surface area contributed by atoms with Gasteiger partial charge in [0.2, 0.25) is 0 Å². The number of anilines is 1. The van der Waals surface area contributed by atoms with Crippen LogP contribution in [-0.2, 0) is 6.54 Å². The van der Waals surface area contributed by atoms with Gasteiger partial charge >= 0.3 is 0 Å². The highest BCUT2D eigenvalue weighted by Crippen LogP contribution is 2.05. The van der Waals surface area contributed by atoms with Crippen molar-refractivity contribution in [3.63, 3.8) is 0 Å². The van der Waals surface area contributed by atoms with E-state index in [0.717, 1.165) is 25.1 Å². The molecule has 0 radical (unpaired) electrons. The number of aliphatic hydroxyl groups excluding tert-OH is 1. The Morgan fingerprint density at radius 2 is 2.33 bits per heavy atom. The summed E-state index contributed by atoms with van der Waals surface area (Å²) in [5, 5.41) is 12.7. The maximum atomic E-state index is 8.56. The summed E-state index contributed by atoms with van der Waals surface area (Å²) in [6, 6.07) is 1.85. The molecule has 0 fully saturated rings. The van der Waals surface area contributed by atoms with E-state index in [1.54, 1.807) is 0 Å². The Bertz CT molecular complexity index is 244. The van der Waals surface area contributed by atoms with E-state index in [4.69, 9.17) is 10.8 Å². The number of nitrogen functional groups attached to an aromatic ring is 1. The molecule has 1 aromatic heterocycles. The lowest BCUT2D eigenvalue weighted by Gasteiger charge is -2.01. The number of aromatic nitrogens is 2. The molecule has 0 bridgehead atoms. The van der Waals surface area contributed by atoms with Crippen LogP contribution >= 0.6 is 0 Å². The number of nitrogens with two attached hydrogens (primary N) is 1. The Kier molecular flexibility index (Phi) is 3.10. The first-order chi connectivity index (χ1) is 5.74. The summed E-state index contributed by atoms with van der Waals surface area (Å²) in [5.41, 5.74) is 6.58. The molecule has 0 atom stereocenters. The smallest absolute Gasteiger partial charge is 0.145 e. The Labute approximate surface area is 72.0 Å². The summed E-state index contributed by atoms with van der Waals surface area (Å²) in [6.45, 7) is 3.06. The fourth-order valence-corrected chi connectivity index (χ4v) is 1.14. The van der Waals surface area contributed by atoms with E-state index in [2.05, 4.69) is 5.10 Å². The summed E-state index contributed by atoms with van der Waals surface area (Å²) in [5.74, 6) is 0.566. The van der Waals surface area contributed by atoms with Gasteiger partial charge in [0.1, 0.15) is 5.82 Å². The number of aryl methyl sites for hydroxylation is 2. The molecule has 0 spiro atoms. The van der Waals surface area contributed by atoms with Crippen molar-refractivity contribution in [3.8, 4) is 0 Å². The van der Waals surface area contributed by atoms with E-state index >= 15 is 0 Å². The molecule has 3 N–H and O–H groups in total. The SMILES string of the molecule is Cc1cc(N)nn1CCCCO. The quantitative estimate of drug-likeness (QED) is 0.647. The van der Waals surface area contributed by atoms with Crippen molar-refractivity contribution in [3.05, 3.63) is 11.8 Å². The van der Waals surface area contributed by atoms with Gasteiger partial charge in [-0.25, -0.2) is 0 Å². The highest BCUT2D eigenvalue weighted by atomic mass is 16.2. The number of nitrogens with zero attached hydrogens (tertiary/aromatic N) is 2. The van der Waals surface area contributed by atoms with E-state index in [9.17, 15) is 0 Å². The first-order valence-electron chi connectivity index (χ1n) is 4.15. The third-order valence-electron chi connectivity index (χ3n) is 1.78. The number of aliphatic hydroxyl groups is 1. The van der Waals surface area contributed by atoms with Gasteiger partial charge in [0.05, 0.1) is 0 Å². The minimum absolute atomic E-state index is 0.246. The van der Waals surface area contributed by atoms with Crippen LogP contribution in [0.3, 0.4) is 0 Å². The van der Waals surface area contributed by atoms with Gasteiger partial charge in [0.25, 0.3) is 0 Å². The molecule has 0 unspecified atom stereocenters. The fourth-order valence-electron chi connectivity index (χ4n) is 1.14. The lowest BCUT2D eigenvalue weighted by molar-refractivity contribution is 0.280. The van der Waals surface area contributed by atoms with Crippen molar-refractivity contribution >= 4 is 5.82 Å². The molecular formula is C8H15N3O. The second-order valence-corrected chi connectivity index (χ2v) is 2.86. The monoisotopic (exact) mass is 169 g/mol. The summed E-state index contributed by atoms with van der Waals surface area (Å²) < 4.78 is 1.87. The number of rotatable bonds is 4. The summed E-state index contributed by atoms with van der Waals surface area (Å²) in [6.07, 6.45) is 1.76. The second-order valence-electron chi connectivity index (χ2n) is 2.86. The average Bonchev–Trinajstić information content (AvgIpc) is 2.31. The van der Waals surface area contributed by atoms with Gasteiger partial charge in [0.15, 0.2) is 0 Å². The number of hydrogen-bond acceptors (Lipinski definition) is 3. The standard InChI is InChI=1S/C8H15N3O/c1-7-6-8(9)10-11(7)4-2-3-5-12/h6,12H,2-5H2,1H3,(H2,9,10). The Morgan fingerprint density at radius 3 is 2.83 bits per heavy atom. The van der Waals surface area contributed by atoms with Crippen molar-refractivity contribution in [1.82, 2.24) is 9.78 Å². The molecule has 1 aromatic rings. The molecule has 0 aliphatic heterocycles. The predicted molar refractivity (Wildman–Crippen MR) is 47.7 cm³/mol. The van der Waals surface area contributed by atoms with E-state index < -0.39 is 0 Å². The van der Waals surface area contributed by atoms with Gasteiger partial charge in [-0.1, -0.05) is 0 Å². The number of unbranched alkanes of at least 4 members (excludes halogenated alkanes) is 1. The Hall–Kier alpha value is -1.03. The topological polar surface area (TPSA) is 64.1 Å². The molecule has 1 rings (SSSR count). The minimum Gasteiger partial charge on any atom is -0.396 e. The Morgan fingerprint density at radius 1 is 1.58 bits per heavy atom. The van der Waals surface area contributed by atoms with Crippen molar-refractivity contribution < 1.29 is 5.11 Å². The predicted octanol–water partition coefficient (Wildman–Crippen LogP) is 0.546. The largest absolute Gasteiger partial charge is 0.396 e. The first kappa shape index (κ1) is 9.06. The van der Waals surface area contributed by atoms with Crippen LogP contribution in [0.5, 0.6) is 0 Å². The van der Waals surface area contributed by atoms with Crippen LogP contribution < -0.4 is 5.73 Å². The zero-order chi connectivity index (χ0) is 8.97. The lowest BCUT2D eigenvalue weighted by atomic mass is 10.3. The van der Waals surface area contributed by atoms with Crippen LogP contribution in [0.4, 0.5) is 5.82 Å². The van der Waals surface area contributed by atoms with Crippen molar-refractivity contribution in [2.24, 2.45) is 0 Å². The molecule has 1 heterocycles. The summed E-state index contributed by atoms with van der Waals surface area (Å²) in [4.78, 5) is 0. The molecule has 0 saturated carbocycles. The van der Waals surface area contributed by atoms with E-state index in [1.165, 1.54) is 0 Å². The molecule has 0 aliphatic rings. The van der Waals surface area contributed by atoms with Crippen LogP contribution in [0.1, 0.15) is 18.5 Å². The van der Waals surface area contributed by atoms with Gasteiger partial charge in [-0.15, -0.1) is 0 Å². The van der Waals surface area contributed by atoms with E-state index in [0.29, 0.717) is 5.82 Å². The second kappa shape index (κ2) is 4.11. The summed E-state index contributed by atoms with van der Waals surface area (Å²) >= 11 is 0. The van der Waals surface area contributed by atoms with Crippen LogP contribution in [0.15, 0.2) is 6.07 Å². The normalized spacial score (nSPS) is 10.5. The molecule has 0 aliphatic carbocycles. The molecule has 0 saturated heterocycles. The first-order valence-corrected chi connectivity index (χ1v) is 4.15. The van der Waals surface area contributed by atoms with Gasteiger partial charge < -0.3 is 10.8 Å². The van der Waals surface area contributed by atoms with Crippen molar-refractivity contribution in [1.29, 1.82) is 0 Å². The third kappa shape index (κ3) is 2.23. The molecule has 0 amide bonds. The van der Waals surface area contributed by atoms with Crippen LogP contribution in [0, 0.1) is 6.92 Å². The molecule has 4 heteroatoms. The average molecular weight is 169 g/mol. The minimum atomic E-state index is 0.246. The van der Waals surface area contributed by atoms with Gasteiger partial charge in [-0.05, 0) is 19.8 Å². The third-order valence-corrected chi connectivity index (χ3v) is 1.78. The van der Waals surface area contributed by atoms with Crippen LogP contribution in [0.2, 0.25) is 0 Å². The van der Waals surface area contributed by atoms with Crippen molar-refractivity contribution in [2.75, 3.05) is 12.3 Å². The molecular weight excluding hydrogens is 154 g/mol. The number of hydrogen-bond donors (Lipinski definition) is 2. The highest BCUT2D eigenvalue weighted by molar-refractivity contribution is 5.28. The zero-order valence-electron chi connectivity index (χ0n) is 7.32. The lowest BCUT2D eigenvalue weighted by Crippen LogP contribution is -2.03. The molecule has 0 aromatic carbocycles. The molecule has 12 heavy (non-hydrogen) atoms. The maximum Gasteiger partial charge on any atom is 0.145 e. The fraction of sp³-hybridized carbons (Fsp3) is 0.625. The molecule has 68 valence electrons. The Balaban J connectivity index is 2.45. The highest BCUT2D eigenvalue weighted by Gasteiger charge is 1.99. The van der Waals surface area contributed by atoms with E-state index in [-0.39, 0.29) is 6.61 Å². The molecule has 4 nitrogen and oxygen atoms in total. The summed E-state index contributed by atoms with van der Waals surface area (Å²) in [7, 11) is 0. The van der Waals surface area contributed by atoms with Gasteiger partial charge in [-0.3, -0.25) is 4.68 Å².